The molecule has 4 heterocycles. The fourth-order valence-electron chi connectivity index (χ4n) is 5.82. The molecule has 3 aliphatic rings. The lowest BCUT2D eigenvalue weighted by atomic mass is 9.91. The van der Waals surface area contributed by atoms with Crippen LogP contribution in [0.5, 0.6) is 0 Å². The van der Waals surface area contributed by atoms with Crippen LogP contribution in [0.4, 0.5) is 0 Å². The highest BCUT2D eigenvalue weighted by atomic mass is 16.5. The summed E-state index contributed by atoms with van der Waals surface area (Å²) in [7, 11) is 0. The first-order valence-corrected chi connectivity index (χ1v) is 11.0. The van der Waals surface area contributed by atoms with Gasteiger partial charge >= 0.3 is 0 Å². The van der Waals surface area contributed by atoms with E-state index in [0.717, 1.165) is 56.4 Å². The summed E-state index contributed by atoms with van der Waals surface area (Å²) in [6.07, 6.45) is 5.69. The molecule has 1 aromatic carbocycles. The first-order valence-electron chi connectivity index (χ1n) is 11.0. The molecule has 4 atom stereocenters. The van der Waals surface area contributed by atoms with Crippen LogP contribution in [0.3, 0.4) is 0 Å². The molecular weight excluding hydrogens is 376 g/mol. The Morgan fingerprint density at radius 3 is 2.87 bits per heavy atom. The van der Waals surface area contributed by atoms with E-state index in [1.54, 1.807) is 6.20 Å². The van der Waals surface area contributed by atoms with Crippen LogP contribution < -0.4 is 0 Å². The normalized spacial score (nSPS) is 27.5. The number of hydrogen-bond donors (Lipinski definition) is 0. The maximum absolute atomic E-state index is 13.2. The predicted molar refractivity (Wildman–Crippen MR) is 113 cm³/mol. The van der Waals surface area contributed by atoms with Crippen molar-refractivity contribution in [2.75, 3.05) is 26.3 Å². The third kappa shape index (κ3) is 3.01. The number of likely N-dealkylation sites (tertiary alicyclic amines) is 1. The zero-order chi connectivity index (χ0) is 20.1. The topological polar surface area (TPSA) is 60.2 Å². The monoisotopic (exact) mass is 402 g/mol. The molecule has 154 valence electrons. The molecule has 1 amide bonds. The predicted octanol–water partition coefficient (Wildman–Crippen LogP) is 3.03. The molecule has 0 spiro atoms. The summed E-state index contributed by atoms with van der Waals surface area (Å²) in [6.45, 7) is 4.35. The molecular formula is C24H26N4O2. The summed E-state index contributed by atoms with van der Waals surface area (Å²) in [4.78, 5) is 24.3. The van der Waals surface area contributed by atoms with Gasteiger partial charge in [0.2, 0.25) is 0 Å². The first-order chi connectivity index (χ1) is 14.8. The summed E-state index contributed by atoms with van der Waals surface area (Å²) in [5, 5.41) is 0. The van der Waals surface area contributed by atoms with E-state index >= 15 is 0 Å². The molecule has 0 N–H and O–H groups in total. The van der Waals surface area contributed by atoms with E-state index < -0.39 is 0 Å². The number of rotatable bonds is 4. The van der Waals surface area contributed by atoms with Gasteiger partial charge in [-0.2, -0.15) is 0 Å². The Morgan fingerprint density at radius 1 is 1.07 bits per heavy atom. The number of aryl methyl sites for hydroxylation is 2. The minimum Gasteiger partial charge on any atom is -0.381 e. The van der Waals surface area contributed by atoms with E-state index in [4.69, 9.17) is 4.74 Å². The van der Waals surface area contributed by atoms with Gasteiger partial charge in [-0.05, 0) is 48.1 Å². The van der Waals surface area contributed by atoms with Gasteiger partial charge < -0.3 is 14.2 Å². The van der Waals surface area contributed by atoms with Crippen molar-refractivity contribution < 1.29 is 9.53 Å². The number of carbonyl (C=O) groups is 1. The molecule has 6 rings (SSSR count). The van der Waals surface area contributed by atoms with Crippen molar-refractivity contribution >= 4 is 17.1 Å². The van der Waals surface area contributed by atoms with Crippen LogP contribution in [0, 0.1) is 23.7 Å². The highest BCUT2D eigenvalue weighted by Crippen LogP contribution is 2.48. The summed E-state index contributed by atoms with van der Waals surface area (Å²) >= 11 is 0. The quantitative estimate of drug-likeness (QED) is 0.673. The number of nitrogens with zero attached hydrogens (tertiary/aromatic N) is 4. The van der Waals surface area contributed by atoms with Gasteiger partial charge in [-0.1, -0.05) is 30.3 Å². The second-order valence-corrected chi connectivity index (χ2v) is 9.07. The molecule has 3 aromatic rings. The molecule has 6 nitrogen and oxygen atoms in total. The number of hydrogen-bond acceptors (Lipinski definition) is 4. The largest absolute Gasteiger partial charge is 0.381 e. The maximum atomic E-state index is 13.2. The number of aromatic nitrogens is 3. The zero-order valence-electron chi connectivity index (χ0n) is 17.0. The van der Waals surface area contributed by atoms with E-state index in [9.17, 15) is 4.79 Å². The fraction of sp³-hybridized carbons (Fsp3) is 0.458. The third-order valence-corrected chi connectivity index (χ3v) is 7.37. The number of amides is 1. The molecule has 2 aromatic heterocycles. The lowest BCUT2D eigenvalue weighted by Gasteiger charge is -2.20. The minimum absolute atomic E-state index is 0.0908. The van der Waals surface area contributed by atoms with Crippen molar-refractivity contribution in [2.45, 2.75) is 19.4 Å². The molecule has 3 fully saturated rings. The molecule has 30 heavy (non-hydrogen) atoms. The van der Waals surface area contributed by atoms with Gasteiger partial charge in [-0.25, -0.2) is 9.97 Å². The molecule has 1 saturated carbocycles. The Hall–Kier alpha value is -2.73. The standard InChI is InChI=1S/C24H26N4O2/c29-24(28-11-18-8-19-13-30-14-21(19)20(18)12-28)17-9-22-23(25-10-17)27(15-26-22)7-6-16-4-2-1-3-5-16/h1-5,9-10,15,18-21H,6-8,11-14H2/t18-,19+,20+,21-/m0/s1. The molecule has 0 radical (unpaired) electrons. The molecule has 2 saturated heterocycles. The lowest BCUT2D eigenvalue weighted by Crippen LogP contribution is -2.31. The van der Waals surface area contributed by atoms with Gasteiger partial charge in [0.25, 0.3) is 5.91 Å². The molecule has 6 heteroatoms. The average Bonchev–Trinajstić information content (AvgIpc) is 3.53. The van der Waals surface area contributed by atoms with Crippen LogP contribution in [0.2, 0.25) is 0 Å². The van der Waals surface area contributed by atoms with Crippen LogP contribution >= 0.6 is 0 Å². The Morgan fingerprint density at radius 2 is 1.97 bits per heavy atom. The van der Waals surface area contributed by atoms with Crippen molar-refractivity contribution in [1.29, 1.82) is 0 Å². The second-order valence-electron chi connectivity index (χ2n) is 9.07. The minimum atomic E-state index is 0.0908. The number of fused-ring (bicyclic) bond motifs is 4. The van der Waals surface area contributed by atoms with Crippen LogP contribution in [0.15, 0.2) is 48.9 Å². The number of benzene rings is 1. The van der Waals surface area contributed by atoms with Gasteiger partial charge in [0.1, 0.15) is 5.52 Å². The number of imidazole rings is 1. The van der Waals surface area contributed by atoms with Crippen molar-refractivity contribution in [2.24, 2.45) is 23.7 Å². The van der Waals surface area contributed by atoms with E-state index in [0.29, 0.717) is 23.3 Å². The summed E-state index contributed by atoms with van der Waals surface area (Å²) in [5.41, 5.74) is 3.57. The van der Waals surface area contributed by atoms with Crippen molar-refractivity contribution in [3.63, 3.8) is 0 Å². The van der Waals surface area contributed by atoms with Crippen molar-refractivity contribution in [3.05, 3.63) is 60.0 Å². The van der Waals surface area contributed by atoms with Gasteiger partial charge in [-0.15, -0.1) is 0 Å². The van der Waals surface area contributed by atoms with E-state index in [2.05, 4.69) is 38.8 Å². The summed E-state index contributed by atoms with van der Waals surface area (Å²) < 4.78 is 7.74. The van der Waals surface area contributed by atoms with Crippen LogP contribution in [-0.2, 0) is 17.7 Å². The Balaban J connectivity index is 1.17. The number of carbonyl (C=O) groups excluding carboxylic acids is 1. The van der Waals surface area contributed by atoms with Crippen molar-refractivity contribution in [1.82, 2.24) is 19.4 Å². The summed E-state index contributed by atoms with van der Waals surface area (Å²) in [6, 6.07) is 12.3. The Kier molecular flexibility index (Phi) is 4.34. The number of pyridine rings is 1. The smallest absolute Gasteiger partial charge is 0.255 e. The highest BCUT2D eigenvalue weighted by Gasteiger charge is 2.51. The fourth-order valence-corrected chi connectivity index (χ4v) is 5.82. The molecule has 0 unspecified atom stereocenters. The van der Waals surface area contributed by atoms with E-state index in [-0.39, 0.29) is 5.91 Å². The van der Waals surface area contributed by atoms with Gasteiger partial charge in [0, 0.05) is 32.4 Å². The van der Waals surface area contributed by atoms with E-state index in [1.165, 1.54) is 12.0 Å². The SMILES string of the molecule is O=C(c1cnc2c(c1)ncn2CCc1ccccc1)N1C[C@@H]2C[C@@H]3COC[C@@H]3[C@@H]2C1. The summed E-state index contributed by atoms with van der Waals surface area (Å²) in [5.74, 6) is 2.70. The van der Waals surface area contributed by atoms with E-state index in [1.807, 2.05) is 23.4 Å². The van der Waals surface area contributed by atoms with Gasteiger partial charge in [0.05, 0.1) is 18.5 Å². The Labute approximate surface area is 175 Å². The second kappa shape index (κ2) is 7.20. The Bertz CT molecular complexity index is 1080. The molecule has 1 aliphatic carbocycles. The van der Waals surface area contributed by atoms with Crippen LogP contribution in [-0.4, -0.2) is 51.6 Å². The number of ether oxygens (including phenoxy) is 1. The van der Waals surface area contributed by atoms with Crippen LogP contribution in [0.25, 0.3) is 11.2 Å². The lowest BCUT2D eigenvalue weighted by molar-refractivity contribution is 0.0773. The van der Waals surface area contributed by atoms with Crippen LogP contribution in [0.1, 0.15) is 22.3 Å². The first kappa shape index (κ1) is 18.1. The average molecular weight is 402 g/mol. The van der Waals surface area contributed by atoms with Gasteiger partial charge in [0.15, 0.2) is 5.65 Å². The zero-order valence-corrected chi connectivity index (χ0v) is 17.0. The maximum Gasteiger partial charge on any atom is 0.255 e. The third-order valence-electron chi connectivity index (χ3n) is 7.37. The van der Waals surface area contributed by atoms with Crippen molar-refractivity contribution in [3.8, 4) is 0 Å². The molecule has 2 aliphatic heterocycles. The van der Waals surface area contributed by atoms with Gasteiger partial charge in [-0.3, -0.25) is 4.79 Å². The highest BCUT2D eigenvalue weighted by molar-refractivity contribution is 5.96. The molecule has 0 bridgehead atoms.